The number of aliphatic carboxylic acids is 1. The highest BCUT2D eigenvalue weighted by Crippen LogP contribution is 2.07. The van der Waals surface area contributed by atoms with E-state index in [1.165, 1.54) is 12.8 Å². The first-order valence-electron chi connectivity index (χ1n) is 7.94. The van der Waals surface area contributed by atoms with Gasteiger partial charge in [0.15, 0.2) is 0 Å². The minimum atomic E-state index is -0.926. The number of carbonyl (C=O) groups excluding carboxylic acids is 1. The summed E-state index contributed by atoms with van der Waals surface area (Å²) in [6.07, 6.45) is 23.0. The lowest BCUT2D eigenvalue weighted by Gasteiger charge is -2.01. The first-order valence-corrected chi connectivity index (χ1v) is 7.94. The van der Waals surface area contributed by atoms with E-state index in [0.29, 0.717) is 0 Å². The molecule has 0 atom stereocenters. The predicted molar refractivity (Wildman–Crippen MR) is 84.3 cm³/mol. The van der Waals surface area contributed by atoms with E-state index in [-0.39, 0.29) is 6.42 Å². The van der Waals surface area contributed by atoms with Crippen LogP contribution in [0.1, 0.15) is 71.1 Å². The molecule has 0 N–H and O–H groups in total. The molecule has 0 rings (SSSR count). The van der Waals surface area contributed by atoms with Crippen LogP contribution in [0.25, 0.3) is 0 Å². The number of carboxylic acids is 1. The van der Waals surface area contributed by atoms with E-state index in [9.17, 15) is 9.90 Å². The van der Waals surface area contributed by atoms with Crippen molar-refractivity contribution in [1.29, 1.82) is 0 Å². The van der Waals surface area contributed by atoms with Crippen molar-refractivity contribution >= 4 is 5.97 Å². The van der Waals surface area contributed by atoms with E-state index in [1.54, 1.807) is 0 Å². The molecule has 0 aromatic carbocycles. The van der Waals surface area contributed by atoms with Crippen molar-refractivity contribution in [2.24, 2.45) is 0 Å². The van der Waals surface area contributed by atoms with Crippen molar-refractivity contribution in [2.75, 3.05) is 0 Å². The molecule has 0 amide bonds. The summed E-state index contributed by atoms with van der Waals surface area (Å²) >= 11 is 0. The Balaban J connectivity index is 3.25. The Bertz CT molecular complexity index is 301. The highest BCUT2D eigenvalue weighted by atomic mass is 16.4. The molecule has 0 fully saturated rings. The molecule has 0 heterocycles. The molecule has 0 aromatic heterocycles. The number of hydrogen-bond acceptors (Lipinski definition) is 2. The zero-order chi connectivity index (χ0) is 14.9. The second-order valence-electron chi connectivity index (χ2n) is 4.99. The fourth-order valence-corrected chi connectivity index (χ4v) is 1.89. The van der Waals surface area contributed by atoms with E-state index in [2.05, 4.69) is 43.4 Å². The molecule has 0 spiro atoms. The van der Waals surface area contributed by atoms with Gasteiger partial charge in [-0.25, -0.2) is 0 Å². The average molecular weight is 277 g/mol. The second kappa shape index (κ2) is 15.7. The normalized spacial score (nSPS) is 12.1. The molecular formula is C18H29O2-. The maximum Gasteiger partial charge on any atom is 0.0414 e. The number of carboxylic acid groups (broad SMARTS) is 1. The minimum absolute atomic E-state index is 0.206. The van der Waals surface area contributed by atoms with Crippen LogP contribution in [0, 0.1) is 0 Å². The van der Waals surface area contributed by atoms with Crippen LogP contribution >= 0.6 is 0 Å². The van der Waals surface area contributed by atoms with Crippen LogP contribution < -0.4 is 5.11 Å². The zero-order valence-corrected chi connectivity index (χ0v) is 12.9. The van der Waals surface area contributed by atoms with Gasteiger partial charge in [-0.1, -0.05) is 62.6 Å². The Kier molecular flexibility index (Phi) is 14.7. The SMILES string of the molecule is CCC=CCCC=CC=CCCCCCCCC(=O)[O-]. The largest absolute Gasteiger partial charge is 0.550 e. The summed E-state index contributed by atoms with van der Waals surface area (Å²) in [6, 6.07) is 0. The maximum absolute atomic E-state index is 10.2. The van der Waals surface area contributed by atoms with Crippen molar-refractivity contribution in [3.8, 4) is 0 Å². The van der Waals surface area contributed by atoms with Crippen molar-refractivity contribution in [2.45, 2.75) is 71.1 Å². The summed E-state index contributed by atoms with van der Waals surface area (Å²) in [5, 5.41) is 10.2. The van der Waals surface area contributed by atoms with Gasteiger partial charge in [0, 0.05) is 5.97 Å². The van der Waals surface area contributed by atoms with Gasteiger partial charge in [-0.2, -0.15) is 0 Å². The molecule has 0 unspecified atom stereocenters. The highest BCUT2D eigenvalue weighted by molar-refractivity contribution is 5.63. The molecule has 0 aliphatic rings. The van der Waals surface area contributed by atoms with Gasteiger partial charge in [-0.05, 0) is 44.9 Å². The topological polar surface area (TPSA) is 40.1 Å². The van der Waals surface area contributed by atoms with Crippen LogP contribution in [0.2, 0.25) is 0 Å². The van der Waals surface area contributed by atoms with Gasteiger partial charge in [0.2, 0.25) is 0 Å². The predicted octanol–water partition coefficient (Wildman–Crippen LogP) is 4.33. The smallest absolute Gasteiger partial charge is 0.0414 e. The molecule has 0 aliphatic carbocycles. The zero-order valence-electron chi connectivity index (χ0n) is 12.9. The minimum Gasteiger partial charge on any atom is -0.550 e. The van der Waals surface area contributed by atoms with Crippen molar-refractivity contribution < 1.29 is 9.90 Å². The molecule has 0 aliphatic heterocycles. The third kappa shape index (κ3) is 16.7. The fraction of sp³-hybridized carbons (Fsp3) is 0.611. The van der Waals surface area contributed by atoms with E-state index in [1.807, 2.05) is 0 Å². The molecular weight excluding hydrogens is 248 g/mol. The Morgan fingerprint density at radius 3 is 2.10 bits per heavy atom. The first kappa shape index (κ1) is 18.7. The van der Waals surface area contributed by atoms with Gasteiger partial charge in [-0.15, -0.1) is 0 Å². The molecule has 2 nitrogen and oxygen atoms in total. The number of unbranched alkanes of at least 4 members (excludes halogenated alkanes) is 6. The molecule has 20 heavy (non-hydrogen) atoms. The van der Waals surface area contributed by atoms with Crippen molar-refractivity contribution in [1.82, 2.24) is 0 Å². The van der Waals surface area contributed by atoms with Crippen LogP contribution in [0.3, 0.4) is 0 Å². The maximum atomic E-state index is 10.2. The molecule has 2 heteroatoms. The lowest BCUT2D eigenvalue weighted by molar-refractivity contribution is -0.305. The lowest BCUT2D eigenvalue weighted by atomic mass is 10.1. The van der Waals surface area contributed by atoms with Gasteiger partial charge in [0.05, 0.1) is 0 Å². The number of rotatable bonds is 13. The summed E-state index contributed by atoms with van der Waals surface area (Å²) in [6.45, 7) is 2.15. The average Bonchev–Trinajstić information content (AvgIpc) is 2.43. The molecule has 0 radical (unpaired) electrons. The number of carbonyl (C=O) groups is 1. The number of hydrogen-bond donors (Lipinski definition) is 0. The second-order valence-corrected chi connectivity index (χ2v) is 4.99. The Morgan fingerprint density at radius 2 is 1.40 bits per heavy atom. The van der Waals surface area contributed by atoms with Crippen LogP contribution in [0.4, 0.5) is 0 Å². The molecule has 114 valence electrons. The lowest BCUT2D eigenvalue weighted by Crippen LogP contribution is -2.21. The van der Waals surface area contributed by atoms with E-state index >= 15 is 0 Å². The van der Waals surface area contributed by atoms with Crippen molar-refractivity contribution in [3.05, 3.63) is 36.5 Å². The third-order valence-corrected chi connectivity index (χ3v) is 3.04. The first-order chi connectivity index (χ1) is 9.77. The van der Waals surface area contributed by atoms with Crippen LogP contribution in [-0.4, -0.2) is 5.97 Å². The Labute approximate surface area is 124 Å². The summed E-state index contributed by atoms with van der Waals surface area (Å²) in [7, 11) is 0. The summed E-state index contributed by atoms with van der Waals surface area (Å²) < 4.78 is 0. The standard InChI is InChI=1S/C18H30O2/c1-2-3-4-5-6-7-8-9-10-11-12-13-14-15-16-17-18(19)20/h3-4,7-10H,2,5-6,11-17H2,1H3,(H,19,20)/p-1. The van der Waals surface area contributed by atoms with Crippen LogP contribution in [0.5, 0.6) is 0 Å². The molecule has 0 saturated carbocycles. The van der Waals surface area contributed by atoms with Gasteiger partial charge in [0.25, 0.3) is 0 Å². The monoisotopic (exact) mass is 277 g/mol. The van der Waals surface area contributed by atoms with Gasteiger partial charge < -0.3 is 9.90 Å². The van der Waals surface area contributed by atoms with E-state index < -0.39 is 5.97 Å². The van der Waals surface area contributed by atoms with E-state index in [0.717, 1.165) is 44.9 Å². The van der Waals surface area contributed by atoms with Crippen molar-refractivity contribution in [3.63, 3.8) is 0 Å². The molecule has 0 aromatic rings. The molecule has 0 saturated heterocycles. The fourth-order valence-electron chi connectivity index (χ4n) is 1.89. The summed E-state index contributed by atoms with van der Waals surface area (Å²) in [5.74, 6) is -0.926. The van der Waals surface area contributed by atoms with Gasteiger partial charge in [0.1, 0.15) is 0 Å². The summed E-state index contributed by atoms with van der Waals surface area (Å²) in [5.41, 5.74) is 0. The third-order valence-electron chi connectivity index (χ3n) is 3.04. The van der Waals surface area contributed by atoms with Crippen LogP contribution in [0.15, 0.2) is 36.5 Å². The quantitative estimate of drug-likeness (QED) is 0.286. The van der Waals surface area contributed by atoms with Gasteiger partial charge in [-0.3, -0.25) is 0 Å². The van der Waals surface area contributed by atoms with Crippen LogP contribution in [-0.2, 0) is 4.79 Å². The number of allylic oxidation sites excluding steroid dienone is 6. The highest BCUT2D eigenvalue weighted by Gasteiger charge is 1.90. The Hall–Kier alpha value is -1.31. The van der Waals surface area contributed by atoms with E-state index in [4.69, 9.17) is 0 Å². The molecule has 0 bridgehead atoms. The summed E-state index contributed by atoms with van der Waals surface area (Å²) in [4.78, 5) is 10.2. The van der Waals surface area contributed by atoms with Gasteiger partial charge >= 0.3 is 0 Å². The Morgan fingerprint density at radius 1 is 0.800 bits per heavy atom.